The molecule has 1 aliphatic heterocycles. The van der Waals surface area contributed by atoms with Crippen LogP contribution < -0.4 is 10.2 Å². The molecule has 2 amide bonds. The van der Waals surface area contributed by atoms with Crippen LogP contribution in [0.2, 0.25) is 0 Å². The van der Waals surface area contributed by atoms with Crippen molar-refractivity contribution in [2.45, 2.75) is 45.1 Å². The lowest BCUT2D eigenvalue weighted by Crippen LogP contribution is -2.56. The molecule has 200 valence electrons. The second-order valence-corrected chi connectivity index (χ2v) is 9.56. The number of fused-ring (bicyclic) bond motifs is 3. The van der Waals surface area contributed by atoms with E-state index in [-0.39, 0.29) is 18.7 Å². The lowest BCUT2D eigenvalue weighted by molar-refractivity contribution is -0.155. The standard InChI is InChI=1S/C31H31N3O5/c1-3-4-7-16-26(35)34(33-30(36)21-14-10-6-11-15-21)25(31(37)38-2)17-22-19-32-24-18-23(20-12-8-5-9-13-20)28-29(39-28)27(22)24/h5-6,8-15,18-19,25,32H,3-4,7,16-17H2,1-2H3,(H,33,36)/t25-/m0/s1. The van der Waals surface area contributed by atoms with Gasteiger partial charge >= 0.3 is 5.97 Å². The predicted molar refractivity (Wildman–Crippen MR) is 148 cm³/mol. The summed E-state index contributed by atoms with van der Waals surface area (Å²) < 4.78 is 11.0. The maximum atomic E-state index is 13.4. The number of nitrogens with zero attached hydrogens (tertiary/aromatic N) is 1. The van der Waals surface area contributed by atoms with Crippen molar-refractivity contribution in [3.05, 3.63) is 84.1 Å². The Hall–Kier alpha value is -4.59. The molecule has 1 aliphatic rings. The first kappa shape index (κ1) is 26.0. The van der Waals surface area contributed by atoms with Gasteiger partial charge in [-0.1, -0.05) is 68.3 Å². The minimum atomic E-state index is -1.07. The van der Waals surface area contributed by atoms with Crippen LogP contribution >= 0.6 is 0 Å². The zero-order chi connectivity index (χ0) is 27.4. The van der Waals surface area contributed by atoms with Crippen LogP contribution in [0.4, 0.5) is 0 Å². The number of carbonyl (C=O) groups excluding carboxylic acids is 3. The SMILES string of the molecule is CCCCCC(=O)N(NC(=O)c1ccccc1)[C@@H](Cc1c[nH]c2cc(-c3ccccc3)c3c(c12)O3)C(=O)OC. The lowest BCUT2D eigenvalue weighted by atomic mass is 10.0. The number of methoxy groups -OCH3 is 1. The number of aromatic nitrogens is 1. The predicted octanol–water partition coefficient (Wildman–Crippen LogP) is 5.78. The zero-order valence-electron chi connectivity index (χ0n) is 22.0. The Morgan fingerprint density at radius 1 is 1.00 bits per heavy atom. The van der Waals surface area contributed by atoms with Crippen LogP contribution in [0.1, 0.15) is 48.5 Å². The third-order valence-electron chi connectivity index (χ3n) is 6.93. The maximum absolute atomic E-state index is 13.4. The fourth-order valence-corrected chi connectivity index (χ4v) is 4.83. The quantitative estimate of drug-likeness (QED) is 0.104. The topological polar surface area (TPSA) is 104 Å². The molecule has 4 aromatic rings. The molecule has 0 bridgehead atoms. The Morgan fingerprint density at radius 2 is 1.72 bits per heavy atom. The smallest absolute Gasteiger partial charge is 0.331 e. The minimum absolute atomic E-state index is 0.127. The van der Waals surface area contributed by atoms with Crippen molar-refractivity contribution in [3.63, 3.8) is 0 Å². The van der Waals surface area contributed by atoms with E-state index in [0.717, 1.165) is 56.9 Å². The van der Waals surface area contributed by atoms with Gasteiger partial charge in [0.25, 0.3) is 5.91 Å². The highest BCUT2D eigenvalue weighted by Crippen LogP contribution is 2.57. The molecule has 8 heteroatoms. The number of rotatable bonds is 10. The number of hydrogen-bond acceptors (Lipinski definition) is 5. The summed E-state index contributed by atoms with van der Waals surface area (Å²) in [6.07, 6.45) is 4.60. The highest BCUT2D eigenvalue weighted by Gasteiger charge is 2.36. The molecule has 5 rings (SSSR count). The Labute approximate surface area is 226 Å². The van der Waals surface area contributed by atoms with Crippen LogP contribution in [-0.4, -0.2) is 40.9 Å². The summed E-state index contributed by atoms with van der Waals surface area (Å²) in [6.45, 7) is 2.05. The Bertz CT molecular complexity index is 1500. The van der Waals surface area contributed by atoms with E-state index in [4.69, 9.17) is 9.47 Å². The summed E-state index contributed by atoms with van der Waals surface area (Å²) in [5.74, 6) is 0.107. The third-order valence-corrected chi connectivity index (χ3v) is 6.93. The molecular weight excluding hydrogens is 494 g/mol. The monoisotopic (exact) mass is 525 g/mol. The van der Waals surface area contributed by atoms with Crippen molar-refractivity contribution in [1.29, 1.82) is 0 Å². The molecule has 2 N–H and O–H groups in total. The summed E-state index contributed by atoms with van der Waals surface area (Å²) in [7, 11) is 1.28. The number of amides is 2. The molecule has 39 heavy (non-hydrogen) atoms. The van der Waals surface area contributed by atoms with Crippen molar-refractivity contribution in [3.8, 4) is 22.6 Å². The average molecular weight is 526 g/mol. The first-order valence-electron chi connectivity index (χ1n) is 13.2. The highest BCUT2D eigenvalue weighted by atomic mass is 16.6. The van der Waals surface area contributed by atoms with Gasteiger partial charge < -0.3 is 14.5 Å². The third kappa shape index (κ3) is 5.50. The number of hydrogen-bond donors (Lipinski definition) is 2. The summed E-state index contributed by atoms with van der Waals surface area (Å²) in [6, 6.07) is 19.5. The highest BCUT2D eigenvalue weighted by molar-refractivity contribution is 6.02. The maximum Gasteiger partial charge on any atom is 0.331 e. The van der Waals surface area contributed by atoms with Crippen LogP contribution in [0.25, 0.3) is 22.0 Å². The summed E-state index contributed by atoms with van der Waals surface area (Å²) >= 11 is 0. The van der Waals surface area contributed by atoms with Crippen molar-refractivity contribution in [1.82, 2.24) is 15.4 Å². The first-order chi connectivity index (χ1) is 19.0. The number of hydrazine groups is 1. The Kier molecular flexibility index (Phi) is 7.63. The van der Waals surface area contributed by atoms with Crippen LogP contribution in [0.5, 0.6) is 11.5 Å². The van der Waals surface area contributed by atoms with Gasteiger partial charge in [0.2, 0.25) is 5.91 Å². The van der Waals surface area contributed by atoms with Crippen LogP contribution in [0.15, 0.2) is 72.9 Å². The molecule has 0 fully saturated rings. The average Bonchev–Trinajstić information content (AvgIpc) is 3.67. The number of esters is 1. The van der Waals surface area contributed by atoms with Gasteiger partial charge in [0.15, 0.2) is 17.5 Å². The van der Waals surface area contributed by atoms with Gasteiger partial charge in [0, 0.05) is 35.6 Å². The number of nitrogens with one attached hydrogen (secondary N) is 2. The first-order valence-corrected chi connectivity index (χ1v) is 13.2. The number of benzene rings is 3. The fraction of sp³-hybridized carbons (Fsp3) is 0.258. The fourth-order valence-electron chi connectivity index (χ4n) is 4.83. The second kappa shape index (κ2) is 11.4. The second-order valence-electron chi connectivity index (χ2n) is 9.56. The molecule has 0 spiro atoms. The molecule has 8 nitrogen and oxygen atoms in total. The molecule has 0 aliphatic carbocycles. The normalized spacial score (nSPS) is 12.3. The molecule has 1 atom stereocenters. The van der Waals surface area contributed by atoms with Crippen molar-refractivity contribution in [2.75, 3.05) is 7.11 Å². The van der Waals surface area contributed by atoms with Gasteiger partial charge in [-0.15, -0.1) is 0 Å². The molecule has 0 saturated heterocycles. The number of aromatic amines is 1. The Balaban J connectivity index is 1.47. The van der Waals surface area contributed by atoms with E-state index in [2.05, 4.69) is 10.4 Å². The molecule has 2 heterocycles. The molecule has 0 radical (unpaired) electrons. The van der Waals surface area contributed by atoms with E-state index in [1.165, 1.54) is 7.11 Å². The van der Waals surface area contributed by atoms with Gasteiger partial charge in [0.1, 0.15) is 0 Å². The lowest BCUT2D eigenvalue weighted by Gasteiger charge is -2.30. The van der Waals surface area contributed by atoms with Crippen LogP contribution in [0, 0.1) is 0 Å². The van der Waals surface area contributed by atoms with Crippen molar-refractivity contribution < 1.29 is 23.9 Å². The van der Waals surface area contributed by atoms with Gasteiger partial charge in [0.05, 0.1) is 12.6 Å². The summed E-state index contributed by atoms with van der Waals surface area (Å²) in [4.78, 5) is 42.8. The van der Waals surface area contributed by atoms with E-state index in [9.17, 15) is 14.4 Å². The van der Waals surface area contributed by atoms with Crippen LogP contribution in [0.3, 0.4) is 0 Å². The number of unbranched alkanes of at least 4 members (excludes halogenated alkanes) is 2. The minimum Gasteiger partial charge on any atom is -0.467 e. The molecule has 3 aromatic carbocycles. The Morgan fingerprint density at radius 3 is 2.41 bits per heavy atom. The van der Waals surface area contributed by atoms with E-state index in [1.54, 1.807) is 30.3 Å². The van der Waals surface area contributed by atoms with Gasteiger partial charge in [-0.25, -0.2) is 9.80 Å². The van der Waals surface area contributed by atoms with Gasteiger partial charge in [-0.3, -0.25) is 15.0 Å². The van der Waals surface area contributed by atoms with Gasteiger partial charge in [-0.2, -0.15) is 0 Å². The zero-order valence-corrected chi connectivity index (χ0v) is 22.0. The number of H-pyrrole nitrogens is 1. The number of carbonyl (C=O) groups is 3. The van der Waals surface area contributed by atoms with E-state index >= 15 is 0 Å². The van der Waals surface area contributed by atoms with E-state index in [0.29, 0.717) is 12.0 Å². The van der Waals surface area contributed by atoms with E-state index < -0.39 is 17.9 Å². The molecular formula is C31H31N3O5. The molecule has 1 aromatic heterocycles. The summed E-state index contributed by atoms with van der Waals surface area (Å²) in [5, 5.41) is 2.00. The van der Waals surface area contributed by atoms with Crippen LogP contribution in [-0.2, 0) is 20.7 Å². The summed E-state index contributed by atoms with van der Waals surface area (Å²) in [5.41, 5.74) is 6.75. The van der Waals surface area contributed by atoms with Crippen molar-refractivity contribution >= 4 is 28.7 Å². The largest absolute Gasteiger partial charge is 0.467 e. The van der Waals surface area contributed by atoms with E-state index in [1.807, 2.05) is 49.5 Å². The van der Waals surface area contributed by atoms with Gasteiger partial charge in [-0.05, 0) is 35.7 Å². The molecule has 0 unspecified atom stereocenters. The van der Waals surface area contributed by atoms with Crippen molar-refractivity contribution in [2.24, 2.45) is 0 Å². The number of ether oxygens (including phenoxy) is 2. The molecule has 0 saturated carbocycles.